The fraction of sp³-hybridized carbons (Fsp3) is 0.765. The predicted octanol–water partition coefficient (Wildman–Crippen LogP) is 1.11. The number of amides is 2. The molecule has 0 bridgehead atoms. The molecule has 1 rings (SSSR count). The third-order valence-corrected chi connectivity index (χ3v) is 3.87. The van der Waals surface area contributed by atoms with E-state index in [1.807, 2.05) is 0 Å². The molecule has 2 amide bonds. The summed E-state index contributed by atoms with van der Waals surface area (Å²) in [5.74, 6) is 0.280. The van der Waals surface area contributed by atoms with Crippen molar-refractivity contribution < 1.29 is 14.3 Å². The van der Waals surface area contributed by atoms with Crippen molar-refractivity contribution >= 4 is 11.8 Å². The van der Waals surface area contributed by atoms with Gasteiger partial charge in [-0.3, -0.25) is 9.59 Å². The summed E-state index contributed by atoms with van der Waals surface area (Å²) < 4.78 is 5.69. The first-order chi connectivity index (χ1) is 11.1. The Labute approximate surface area is 139 Å². The molecule has 2 atom stereocenters. The Kier molecular flexibility index (Phi) is 10.3. The highest BCUT2D eigenvalue weighted by Crippen LogP contribution is 2.17. The number of carbonyl (C=O) groups excluding carboxylic acids is 2. The lowest BCUT2D eigenvalue weighted by molar-refractivity contribution is -0.127. The van der Waals surface area contributed by atoms with Crippen molar-refractivity contribution in [3.8, 4) is 0 Å². The molecule has 0 aliphatic heterocycles. The van der Waals surface area contributed by atoms with E-state index in [2.05, 4.69) is 29.7 Å². The molecule has 1 aliphatic carbocycles. The Balaban J connectivity index is 2.19. The maximum Gasteiger partial charge on any atom is 0.246 e. The number of rotatable bonds is 8. The third kappa shape index (κ3) is 10.1. The van der Waals surface area contributed by atoms with E-state index >= 15 is 0 Å². The zero-order valence-electron chi connectivity index (χ0n) is 14.2. The minimum Gasteiger partial charge on any atom is -0.364 e. The molecule has 0 radical (unpaired) electrons. The smallest absolute Gasteiger partial charge is 0.246 e. The van der Waals surface area contributed by atoms with Crippen LogP contribution in [0.3, 0.4) is 0 Å². The van der Waals surface area contributed by atoms with Gasteiger partial charge in [0.15, 0.2) is 0 Å². The zero-order valence-corrected chi connectivity index (χ0v) is 14.2. The van der Waals surface area contributed by atoms with Gasteiger partial charge < -0.3 is 21.1 Å². The molecule has 0 fully saturated rings. The lowest BCUT2D eigenvalue weighted by atomic mass is 10.0. The van der Waals surface area contributed by atoms with Crippen LogP contribution in [0, 0.1) is 5.92 Å². The van der Waals surface area contributed by atoms with Crippen molar-refractivity contribution in [1.82, 2.24) is 10.6 Å². The van der Waals surface area contributed by atoms with Gasteiger partial charge in [-0.15, -0.1) is 0 Å². The van der Waals surface area contributed by atoms with Crippen LogP contribution in [0.5, 0.6) is 0 Å². The van der Waals surface area contributed by atoms with Crippen LogP contribution >= 0.6 is 0 Å². The summed E-state index contributed by atoms with van der Waals surface area (Å²) in [6, 6.07) is 0. The monoisotopic (exact) mass is 325 g/mol. The standard InChI is InChI=1S/C17H31N3O3/c1-14-5-3-2-4-6-15(8-7-14)23-13-17(22)19-11-9-16(21)20-12-10-18/h7-8,14-15H,2-6,9-13,18H2,1H3,(H,19,22)(H,20,21)/b8-7-. The van der Waals surface area contributed by atoms with E-state index in [0.717, 1.165) is 12.8 Å². The van der Waals surface area contributed by atoms with E-state index in [-0.39, 0.29) is 30.9 Å². The van der Waals surface area contributed by atoms with Crippen LogP contribution in [0.25, 0.3) is 0 Å². The lowest BCUT2D eigenvalue weighted by Gasteiger charge is -2.14. The Morgan fingerprint density at radius 1 is 1.09 bits per heavy atom. The second kappa shape index (κ2) is 12.1. The van der Waals surface area contributed by atoms with E-state index in [1.165, 1.54) is 19.3 Å². The number of ether oxygens (including phenoxy) is 1. The molecular weight excluding hydrogens is 294 g/mol. The van der Waals surface area contributed by atoms with Crippen LogP contribution in [0.4, 0.5) is 0 Å². The number of allylic oxidation sites excluding steroid dienone is 1. The fourth-order valence-corrected chi connectivity index (χ4v) is 2.48. The minimum atomic E-state index is -0.182. The van der Waals surface area contributed by atoms with Crippen LogP contribution < -0.4 is 16.4 Å². The fourth-order valence-electron chi connectivity index (χ4n) is 2.48. The van der Waals surface area contributed by atoms with E-state index in [9.17, 15) is 9.59 Å². The second-order valence-electron chi connectivity index (χ2n) is 6.09. The molecule has 0 aromatic heterocycles. The van der Waals surface area contributed by atoms with Crippen molar-refractivity contribution in [2.75, 3.05) is 26.2 Å². The van der Waals surface area contributed by atoms with Gasteiger partial charge in [0.05, 0.1) is 6.10 Å². The molecule has 1 aliphatic rings. The highest BCUT2D eigenvalue weighted by atomic mass is 16.5. The van der Waals surface area contributed by atoms with Crippen molar-refractivity contribution in [2.24, 2.45) is 11.7 Å². The van der Waals surface area contributed by atoms with E-state index < -0.39 is 0 Å². The highest BCUT2D eigenvalue weighted by Gasteiger charge is 2.11. The first-order valence-electron chi connectivity index (χ1n) is 8.65. The van der Waals surface area contributed by atoms with Gasteiger partial charge in [0, 0.05) is 26.1 Å². The summed E-state index contributed by atoms with van der Waals surface area (Å²) in [6.07, 6.45) is 10.3. The number of nitrogens with one attached hydrogen (secondary N) is 2. The second-order valence-corrected chi connectivity index (χ2v) is 6.09. The Morgan fingerprint density at radius 3 is 2.61 bits per heavy atom. The average Bonchev–Trinajstić information content (AvgIpc) is 2.63. The molecule has 6 heteroatoms. The van der Waals surface area contributed by atoms with Gasteiger partial charge >= 0.3 is 0 Å². The topological polar surface area (TPSA) is 93.4 Å². The highest BCUT2D eigenvalue weighted by molar-refractivity contribution is 5.79. The van der Waals surface area contributed by atoms with Crippen molar-refractivity contribution in [3.63, 3.8) is 0 Å². The van der Waals surface area contributed by atoms with Gasteiger partial charge in [-0.1, -0.05) is 38.3 Å². The number of hydrogen-bond donors (Lipinski definition) is 3. The number of carbonyl (C=O) groups is 2. The molecule has 4 N–H and O–H groups in total. The summed E-state index contributed by atoms with van der Waals surface area (Å²) in [4.78, 5) is 23.1. The Bertz CT molecular complexity index is 385. The summed E-state index contributed by atoms with van der Waals surface area (Å²) in [5, 5.41) is 5.36. The first kappa shape index (κ1) is 19.6. The number of hydrogen-bond acceptors (Lipinski definition) is 4. The van der Waals surface area contributed by atoms with Crippen molar-refractivity contribution in [2.45, 2.75) is 51.6 Å². The molecule has 0 spiro atoms. The summed E-state index contributed by atoms with van der Waals surface area (Å²) in [7, 11) is 0. The first-order valence-corrected chi connectivity index (χ1v) is 8.65. The van der Waals surface area contributed by atoms with Crippen molar-refractivity contribution in [1.29, 1.82) is 0 Å². The van der Waals surface area contributed by atoms with Gasteiger partial charge in [-0.05, 0) is 18.8 Å². The quantitative estimate of drug-likeness (QED) is 0.583. The average molecular weight is 325 g/mol. The molecule has 0 saturated heterocycles. The van der Waals surface area contributed by atoms with E-state index in [1.54, 1.807) is 0 Å². The summed E-state index contributed by atoms with van der Waals surface area (Å²) in [6.45, 7) is 3.44. The van der Waals surface area contributed by atoms with Gasteiger partial charge in [-0.2, -0.15) is 0 Å². The van der Waals surface area contributed by atoms with Crippen LogP contribution in [0.1, 0.15) is 45.4 Å². The molecule has 2 unspecified atom stereocenters. The van der Waals surface area contributed by atoms with E-state index in [4.69, 9.17) is 10.5 Å². The molecular formula is C17H31N3O3. The predicted molar refractivity (Wildman–Crippen MR) is 90.8 cm³/mol. The largest absolute Gasteiger partial charge is 0.364 e. The van der Waals surface area contributed by atoms with Gasteiger partial charge in [0.25, 0.3) is 0 Å². The van der Waals surface area contributed by atoms with E-state index in [0.29, 0.717) is 25.6 Å². The van der Waals surface area contributed by atoms with Gasteiger partial charge in [-0.25, -0.2) is 0 Å². The van der Waals surface area contributed by atoms with Crippen LogP contribution in [-0.2, 0) is 14.3 Å². The Hall–Kier alpha value is -1.40. The van der Waals surface area contributed by atoms with Crippen LogP contribution in [0.15, 0.2) is 12.2 Å². The van der Waals surface area contributed by atoms with Crippen molar-refractivity contribution in [3.05, 3.63) is 12.2 Å². The van der Waals surface area contributed by atoms with Crippen LogP contribution in [-0.4, -0.2) is 44.2 Å². The maximum absolute atomic E-state index is 11.8. The number of nitrogens with two attached hydrogens (primary N) is 1. The lowest BCUT2D eigenvalue weighted by Crippen LogP contribution is -2.35. The van der Waals surface area contributed by atoms with Gasteiger partial charge in [0.2, 0.25) is 11.8 Å². The normalized spacial score (nSPS) is 23.2. The minimum absolute atomic E-state index is 0.00847. The molecule has 0 aromatic carbocycles. The maximum atomic E-state index is 11.8. The Morgan fingerprint density at radius 2 is 1.83 bits per heavy atom. The summed E-state index contributed by atoms with van der Waals surface area (Å²) in [5.41, 5.74) is 5.30. The third-order valence-electron chi connectivity index (χ3n) is 3.87. The van der Waals surface area contributed by atoms with Crippen LogP contribution in [0.2, 0.25) is 0 Å². The molecule has 0 heterocycles. The molecule has 0 saturated carbocycles. The van der Waals surface area contributed by atoms with Gasteiger partial charge in [0.1, 0.15) is 6.61 Å². The zero-order chi connectivity index (χ0) is 16.9. The SMILES string of the molecule is CC1/C=C\C(OCC(=O)NCCC(=O)NCCN)CCCCC1. The molecule has 132 valence electrons. The molecule has 0 aromatic rings. The summed E-state index contributed by atoms with van der Waals surface area (Å²) >= 11 is 0. The molecule has 6 nitrogen and oxygen atoms in total. The molecule has 23 heavy (non-hydrogen) atoms.